The van der Waals surface area contributed by atoms with Crippen molar-refractivity contribution in [3.8, 4) is 0 Å². The molecule has 7 heteroatoms. The zero-order chi connectivity index (χ0) is 12.2. The number of rotatable bonds is 5. The van der Waals surface area contributed by atoms with Crippen LogP contribution in [0.25, 0.3) is 0 Å². The van der Waals surface area contributed by atoms with E-state index in [0.29, 0.717) is 17.9 Å². The Morgan fingerprint density at radius 2 is 2.12 bits per heavy atom. The summed E-state index contributed by atoms with van der Waals surface area (Å²) in [5, 5.41) is 21.5. The molecular weight excluding hydrogens is 232 g/mol. The van der Waals surface area contributed by atoms with Crippen molar-refractivity contribution in [2.75, 3.05) is 24.3 Å². The molecule has 0 aromatic carbocycles. The topological polar surface area (TPSA) is 104 Å². The van der Waals surface area contributed by atoms with Crippen LogP contribution in [0.5, 0.6) is 0 Å². The number of aliphatic hydroxyl groups excluding tert-OH is 2. The maximum atomic E-state index is 9.26. The van der Waals surface area contributed by atoms with Gasteiger partial charge in [0.25, 0.3) is 0 Å². The maximum Gasteiger partial charge on any atom is 0.224 e. The average Bonchev–Trinajstić information content (AvgIpc) is 2.31. The molecule has 0 unspecified atom stereocenters. The summed E-state index contributed by atoms with van der Waals surface area (Å²) >= 11 is 5.63. The van der Waals surface area contributed by atoms with E-state index in [0.717, 1.165) is 0 Å². The number of nitrogens with one attached hydrogen (secondary N) is 1. The Kier molecular flexibility index (Phi) is 4.28. The van der Waals surface area contributed by atoms with Gasteiger partial charge in [0.05, 0.1) is 30.6 Å². The normalized spacial score (nSPS) is 11.5. The predicted molar refractivity (Wildman–Crippen MR) is 62.3 cm³/mol. The Morgan fingerprint density at radius 3 is 2.62 bits per heavy atom. The van der Waals surface area contributed by atoms with Crippen LogP contribution in [0.4, 0.5) is 11.5 Å². The molecule has 0 atom stereocenters. The lowest BCUT2D eigenvalue weighted by atomic mass is 9.98. The molecule has 1 aromatic heterocycles. The van der Waals surface area contributed by atoms with Crippen LogP contribution in [0.3, 0.4) is 0 Å². The largest absolute Gasteiger partial charge is 0.394 e. The van der Waals surface area contributed by atoms with Gasteiger partial charge in [0.15, 0.2) is 5.82 Å². The monoisotopic (exact) mass is 246 g/mol. The first-order valence-corrected chi connectivity index (χ1v) is 5.22. The van der Waals surface area contributed by atoms with Crippen LogP contribution < -0.4 is 11.1 Å². The predicted octanol–water partition coefficient (Wildman–Crippen LogP) is 0.258. The fourth-order valence-electron chi connectivity index (χ4n) is 1.16. The third-order valence-corrected chi connectivity index (χ3v) is 2.64. The molecule has 0 bridgehead atoms. The average molecular weight is 247 g/mol. The molecule has 1 rings (SSSR count). The summed E-state index contributed by atoms with van der Waals surface area (Å²) in [7, 11) is 0. The molecule has 0 radical (unpaired) electrons. The van der Waals surface area contributed by atoms with Gasteiger partial charge in [0.2, 0.25) is 5.28 Å². The van der Waals surface area contributed by atoms with E-state index in [2.05, 4.69) is 15.3 Å². The minimum absolute atomic E-state index is 0.0533. The Labute approximate surface area is 98.5 Å². The van der Waals surface area contributed by atoms with Crippen LogP contribution >= 0.6 is 11.6 Å². The maximum absolute atomic E-state index is 9.26. The molecule has 0 aliphatic rings. The molecule has 1 aromatic rings. The number of hydrogen-bond donors (Lipinski definition) is 4. The Hall–Kier alpha value is -1.11. The molecular formula is C9H15ClN4O2. The van der Waals surface area contributed by atoms with Gasteiger partial charge in [-0.2, -0.15) is 4.98 Å². The van der Waals surface area contributed by atoms with Gasteiger partial charge in [0, 0.05) is 0 Å². The highest BCUT2D eigenvalue weighted by Gasteiger charge is 2.27. The Morgan fingerprint density at radius 1 is 1.50 bits per heavy atom. The van der Waals surface area contributed by atoms with E-state index in [9.17, 15) is 10.2 Å². The van der Waals surface area contributed by atoms with Gasteiger partial charge in [-0.1, -0.05) is 6.92 Å². The number of aromatic nitrogens is 2. The number of halogens is 1. The number of hydrogen-bond acceptors (Lipinski definition) is 6. The zero-order valence-electron chi connectivity index (χ0n) is 8.94. The summed E-state index contributed by atoms with van der Waals surface area (Å²) in [5.74, 6) is 0.310. The summed E-state index contributed by atoms with van der Waals surface area (Å²) in [5.41, 5.74) is 5.11. The third kappa shape index (κ3) is 2.72. The SMILES string of the molecule is CCC(CO)(CO)Nc1nc(Cl)ncc1N. The Bertz CT molecular complexity index is 349. The smallest absolute Gasteiger partial charge is 0.224 e. The van der Waals surface area contributed by atoms with Crippen LogP contribution in [0, 0.1) is 0 Å². The van der Waals surface area contributed by atoms with Gasteiger partial charge < -0.3 is 21.3 Å². The van der Waals surface area contributed by atoms with Gasteiger partial charge in [-0.3, -0.25) is 0 Å². The number of anilines is 2. The molecule has 0 aliphatic heterocycles. The number of aliphatic hydroxyl groups is 2. The minimum Gasteiger partial charge on any atom is -0.394 e. The molecule has 90 valence electrons. The van der Waals surface area contributed by atoms with E-state index in [1.165, 1.54) is 6.20 Å². The summed E-state index contributed by atoms with van der Waals surface area (Å²) < 4.78 is 0. The Balaban J connectivity index is 2.97. The van der Waals surface area contributed by atoms with E-state index in [4.69, 9.17) is 17.3 Å². The van der Waals surface area contributed by atoms with Crippen LogP contribution in [0.2, 0.25) is 5.28 Å². The van der Waals surface area contributed by atoms with Crippen molar-refractivity contribution in [3.63, 3.8) is 0 Å². The van der Waals surface area contributed by atoms with Crippen molar-refractivity contribution in [3.05, 3.63) is 11.5 Å². The minimum atomic E-state index is -0.855. The van der Waals surface area contributed by atoms with Gasteiger partial charge in [-0.05, 0) is 18.0 Å². The van der Waals surface area contributed by atoms with Crippen molar-refractivity contribution >= 4 is 23.1 Å². The first-order valence-electron chi connectivity index (χ1n) is 4.85. The molecule has 16 heavy (non-hydrogen) atoms. The summed E-state index contributed by atoms with van der Waals surface area (Å²) in [6.07, 6.45) is 1.88. The first kappa shape index (κ1) is 13.0. The van der Waals surface area contributed by atoms with Crippen molar-refractivity contribution in [2.24, 2.45) is 0 Å². The standard InChI is InChI=1S/C9H15ClN4O2/c1-2-9(4-15,5-16)14-7-6(11)3-12-8(10)13-7/h3,15-16H,2,4-5,11H2,1H3,(H,12,13,14). The van der Waals surface area contributed by atoms with Gasteiger partial charge in [-0.25, -0.2) is 4.98 Å². The molecule has 0 aliphatic carbocycles. The van der Waals surface area contributed by atoms with Crippen LogP contribution in [-0.4, -0.2) is 38.9 Å². The fourth-order valence-corrected chi connectivity index (χ4v) is 1.30. The fraction of sp³-hybridized carbons (Fsp3) is 0.556. The quantitative estimate of drug-likeness (QED) is 0.556. The summed E-state index contributed by atoms with van der Waals surface area (Å²) in [4.78, 5) is 7.61. The highest BCUT2D eigenvalue weighted by atomic mass is 35.5. The summed E-state index contributed by atoms with van der Waals surface area (Å²) in [6.45, 7) is 1.36. The van der Waals surface area contributed by atoms with Crippen molar-refractivity contribution < 1.29 is 10.2 Å². The number of nitrogens with zero attached hydrogens (tertiary/aromatic N) is 2. The molecule has 5 N–H and O–H groups in total. The van der Waals surface area contributed by atoms with Gasteiger partial charge in [0.1, 0.15) is 0 Å². The molecule has 6 nitrogen and oxygen atoms in total. The van der Waals surface area contributed by atoms with E-state index >= 15 is 0 Å². The van der Waals surface area contributed by atoms with Crippen LogP contribution in [0.15, 0.2) is 6.20 Å². The lowest BCUT2D eigenvalue weighted by Gasteiger charge is -2.30. The lowest BCUT2D eigenvalue weighted by Crippen LogP contribution is -2.45. The highest BCUT2D eigenvalue weighted by molar-refractivity contribution is 6.28. The molecule has 0 amide bonds. The number of nitrogen functional groups attached to an aromatic ring is 1. The number of nitrogens with two attached hydrogens (primary N) is 1. The zero-order valence-corrected chi connectivity index (χ0v) is 9.70. The van der Waals surface area contributed by atoms with E-state index in [1.807, 2.05) is 6.92 Å². The second kappa shape index (κ2) is 5.29. The van der Waals surface area contributed by atoms with E-state index in [1.54, 1.807) is 0 Å². The van der Waals surface area contributed by atoms with E-state index in [-0.39, 0.29) is 18.5 Å². The first-order chi connectivity index (χ1) is 7.56. The molecule has 1 heterocycles. The lowest BCUT2D eigenvalue weighted by molar-refractivity contribution is 0.132. The van der Waals surface area contributed by atoms with E-state index < -0.39 is 5.54 Å². The van der Waals surface area contributed by atoms with Gasteiger partial charge in [-0.15, -0.1) is 0 Å². The second-order valence-electron chi connectivity index (χ2n) is 3.52. The van der Waals surface area contributed by atoms with Crippen LogP contribution in [0.1, 0.15) is 13.3 Å². The molecule has 0 saturated heterocycles. The van der Waals surface area contributed by atoms with Crippen molar-refractivity contribution in [1.29, 1.82) is 0 Å². The van der Waals surface area contributed by atoms with Gasteiger partial charge >= 0.3 is 0 Å². The second-order valence-corrected chi connectivity index (χ2v) is 3.86. The third-order valence-electron chi connectivity index (χ3n) is 2.45. The molecule has 0 saturated carbocycles. The van der Waals surface area contributed by atoms with Crippen molar-refractivity contribution in [2.45, 2.75) is 18.9 Å². The summed E-state index contributed by atoms with van der Waals surface area (Å²) in [6, 6.07) is 0. The van der Waals surface area contributed by atoms with Crippen LogP contribution in [-0.2, 0) is 0 Å². The van der Waals surface area contributed by atoms with Crippen molar-refractivity contribution in [1.82, 2.24) is 9.97 Å². The molecule has 0 spiro atoms. The molecule has 0 fully saturated rings. The highest BCUT2D eigenvalue weighted by Crippen LogP contribution is 2.22.